The Balaban J connectivity index is 1.54. The van der Waals surface area contributed by atoms with Gasteiger partial charge >= 0.3 is 0 Å². The lowest BCUT2D eigenvalue weighted by Gasteiger charge is -2.11. The lowest BCUT2D eigenvalue weighted by molar-refractivity contribution is -0.116. The SMILES string of the molecule is Cc1cc(NC(=O)CCC2CCNC2)ccc1NC(=O)c1ccco1. The fraction of sp³-hybridized carbons (Fsp3) is 0.368. The quantitative estimate of drug-likeness (QED) is 0.753. The van der Waals surface area contributed by atoms with Crippen LogP contribution in [-0.2, 0) is 4.79 Å². The van der Waals surface area contributed by atoms with E-state index in [1.54, 1.807) is 24.3 Å². The van der Waals surface area contributed by atoms with Gasteiger partial charge in [0.2, 0.25) is 5.91 Å². The van der Waals surface area contributed by atoms with Gasteiger partial charge < -0.3 is 20.4 Å². The summed E-state index contributed by atoms with van der Waals surface area (Å²) in [7, 11) is 0. The summed E-state index contributed by atoms with van der Waals surface area (Å²) in [6.45, 7) is 3.95. The zero-order chi connectivity index (χ0) is 17.6. The highest BCUT2D eigenvalue weighted by Gasteiger charge is 2.16. The molecule has 2 aromatic rings. The van der Waals surface area contributed by atoms with Gasteiger partial charge in [-0.25, -0.2) is 0 Å². The maximum absolute atomic E-state index is 12.1. The van der Waals surface area contributed by atoms with E-state index in [9.17, 15) is 9.59 Å². The first-order chi connectivity index (χ1) is 12.1. The Morgan fingerprint density at radius 3 is 2.84 bits per heavy atom. The van der Waals surface area contributed by atoms with Crippen LogP contribution >= 0.6 is 0 Å². The zero-order valence-corrected chi connectivity index (χ0v) is 14.3. The Bertz CT molecular complexity index is 734. The molecule has 0 radical (unpaired) electrons. The molecule has 3 N–H and O–H groups in total. The predicted molar refractivity (Wildman–Crippen MR) is 96.7 cm³/mol. The van der Waals surface area contributed by atoms with Crippen molar-refractivity contribution >= 4 is 23.2 Å². The summed E-state index contributed by atoms with van der Waals surface area (Å²) >= 11 is 0. The van der Waals surface area contributed by atoms with Crippen LogP contribution in [0.1, 0.15) is 35.4 Å². The number of furan rings is 1. The molecule has 1 atom stereocenters. The number of amides is 2. The van der Waals surface area contributed by atoms with Crippen molar-refractivity contribution < 1.29 is 14.0 Å². The molecule has 25 heavy (non-hydrogen) atoms. The van der Waals surface area contributed by atoms with Crippen LogP contribution in [0.4, 0.5) is 11.4 Å². The van der Waals surface area contributed by atoms with E-state index in [4.69, 9.17) is 4.42 Å². The predicted octanol–water partition coefficient (Wildman–Crippen LogP) is 3.17. The second-order valence-electron chi connectivity index (χ2n) is 6.41. The number of rotatable bonds is 6. The summed E-state index contributed by atoms with van der Waals surface area (Å²) in [5.41, 5.74) is 2.30. The van der Waals surface area contributed by atoms with Gasteiger partial charge in [-0.1, -0.05) is 0 Å². The van der Waals surface area contributed by atoms with Crippen LogP contribution in [0, 0.1) is 12.8 Å². The lowest BCUT2D eigenvalue weighted by Crippen LogP contribution is -2.15. The second-order valence-corrected chi connectivity index (χ2v) is 6.41. The number of carbonyl (C=O) groups excluding carboxylic acids is 2. The first-order valence-corrected chi connectivity index (χ1v) is 8.58. The minimum absolute atomic E-state index is 0.0265. The molecule has 1 aromatic heterocycles. The van der Waals surface area contributed by atoms with Gasteiger partial charge in [0.15, 0.2) is 5.76 Å². The molecule has 0 spiro atoms. The van der Waals surface area contributed by atoms with Crippen LogP contribution in [-0.4, -0.2) is 24.9 Å². The molecule has 1 fully saturated rings. The average Bonchev–Trinajstić information content (AvgIpc) is 3.29. The molecule has 1 aliphatic rings. The van der Waals surface area contributed by atoms with Gasteiger partial charge in [-0.3, -0.25) is 9.59 Å². The maximum atomic E-state index is 12.1. The highest BCUT2D eigenvalue weighted by atomic mass is 16.3. The third kappa shape index (κ3) is 4.70. The Labute approximate surface area is 147 Å². The van der Waals surface area contributed by atoms with E-state index in [2.05, 4.69) is 16.0 Å². The Morgan fingerprint density at radius 2 is 2.16 bits per heavy atom. The molecule has 1 aromatic carbocycles. The number of hydrogen-bond acceptors (Lipinski definition) is 4. The molecule has 6 heteroatoms. The lowest BCUT2D eigenvalue weighted by atomic mass is 10.0. The van der Waals surface area contributed by atoms with E-state index >= 15 is 0 Å². The summed E-state index contributed by atoms with van der Waals surface area (Å²) in [6.07, 6.45) is 4.05. The van der Waals surface area contributed by atoms with Gasteiger partial charge in [0.1, 0.15) is 0 Å². The molecular weight excluding hydrogens is 318 g/mol. The summed E-state index contributed by atoms with van der Waals surface area (Å²) in [5.74, 6) is 0.596. The molecule has 0 bridgehead atoms. The summed E-state index contributed by atoms with van der Waals surface area (Å²) in [6, 6.07) is 8.71. The van der Waals surface area contributed by atoms with E-state index in [0.29, 0.717) is 18.0 Å². The molecule has 2 amide bonds. The minimum atomic E-state index is -0.296. The molecule has 1 saturated heterocycles. The topological polar surface area (TPSA) is 83.4 Å². The monoisotopic (exact) mass is 341 g/mol. The van der Waals surface area contributed by atoms with Crippen LogP contribution in [0.5, 0.6) is 0 Å². The second kappa shape index (κ2) is 7.98. The normalized spacial score (nSPS) is 16.6. The number of carbonyl (C=O) groups is 2. The van der Waals surface area contributed by atoms with Crippen LogP contribution in [0.3, 0.4) is 0 Å². The fourth-order valence-electron chi connectivity index (χ4n) is 2.99. The van der Waals surface area contributed by atoms with Crippen molar-refractivity contribution in [1.29, 1.82) is 0 Å². The van der Waals surface area contributed by atoms with Gasteiger partial charge in [-0.05, 0) is 74.7 Å². The number of anilines is 2. The van der Waals surface area contributed by atoms with Gasteiger partial charge in [-0.15, -0.1) is 0 Å². The number of aryl methyl sites for hydroxylation is 1. The summed E-state index contributed by atoms with van der Waals surface area (Å²) in [5, 5.41) is 9.04. The molecule has 1 unspecified atom stereocenters. The molecule has 3 rings (SSSR count). The average molecular weight is 341 g/mol. The standard InChI is InChI=1S/C19H23N3O3/c1-13-11-15(21-18(23)7-4-14-8-9-20-12-14)5-6-16(13)22-19(24)17-3-2-10-25-17/h2-3,5-6,10-11,14,20H,4,7-9,12H2,1H3,(H,21,23)(H,22,24). The first kappa shape index (κ1) is 17.2. The van der Waals surface area contributed by atoms with Gasteiger partial charge in [0, 0.05) is 17.8 Å². The van der Waals surface area contributed by atoms with Gasteiger partial charge in [0.05, 0.1) is 6.26 Å². The van der Waals surface area contributed by atoms with Crippen molar-refractivity contribution in [1.82, 2.24) is 5.32 Å². The molecule has 6 nitrogen and oxygen atoms in total. The van der Waals surface area contributed by atoms with Crippen molar-refractivity contribution in [3.8, 4) is 0 Å². The highest BCUT2D eigenvalue weighted by molar-refractivity contribution is 6.02. The van der Waals surface area contributed by atoms with Crippen molar-refractivity contribution in [2.45, 2.75) is 26.2 Å². The number of nitrogens with one attached hydrogen (secondary N) is 3. The Kier molecular flexibility index (Phi) is 5.50. The van der Waals surface area contributed by atoms with Crippen LogP contribution in [0.25, 0.3) is 0 Å². The largest absolute Gasteiger partial charge is 0.459 e. The maximum Gasteiger partial charge on any atom is 0.291 e. The van der Waals surface area contributed by atoms with Crippen LogP contribution < -0.4 is 16.0 Å². The van der Waals surface area contributed by atoms with Gasteiger partial charge in [-0.2, -0.15) is 0 Å². The van der Waals surface area contributed by atoms with Crippen molar-refractivity contribution in [2.75, 3.05) is 23.7 Å². The van der Waals surface area contributed by atoms with Crippen molar-refractivity contribution in [2.24, 2.45) is 5.92 Å². The number of benzene rings is 1. The van der Waals surface area contributed by atoms with E-state index in [0.717, 1.165) is 37.2 Å². The van der Waals surface area contributed by atoms with Crippen molar-refractivity contribution in [3.05, 3.63) is 47.9 Å². The third-order valence-electron chi connectivity index (χ3n) is 4.45. The fourth-order valence-corrected chi connectivity index (χ4v) is 2.99. The van der Waals surface area contributed by atoms with Gasteiger partial charge in [0.25, 0.3) is 5.91 Å². The molecule has 132 valence electrons. The van der Waals surface area contributed by atoms with E-state index in [1.165, 1.54) is 6.26 Å². The minimum Gasteiger partial charge on any atom is -0.459 e. The summed E-state index contributed by atoms with van der Waals surface area (Å²) < 4.78 is 5.08. The third-order valence-corrected chi connectivity index (χ3v) is 4.45. The van der Waals surface area contributed by atoms with Crippen LogP contribution in [0.15, 0.2) is 41.0 Å². The first-order valence-electron chi connectivity index (χ1n) is 8.58. The smallest absolute Gasteiger partial charge is 0.291 e. The highest BCUT2D eigenvalue weighted by Crippen LogP contribution is 2.21. The molecule has 0 aliphatic carbocycles. The van der Waals surface area contributed by atoms with E-state index in [1.807, 2.05) is 13.0 Å². The molecule has 0 saturated carbocycles. The van der Waals surface area contributed by atoms with Crippen LogP contribution in [0.2, 0.25) is 0 Å². The van der Waals surface area contributed by atoms with E-state index in [-0.39, 0.29) is 17.6 Å². The molecule has 2 heterocycles. The Morgan fingerprint density at radius 1 is 1.28 bits per heavy atom. The number of hydrogen-bond donors (Lipinski definition) is 3. The molecular formula is C19H23N3O3. The van der Waals surface area contributed by atoms with Crippen molar-refractivity contribution in [3.63, 3.8) is 0 Å². The van der Waals surface area contributed by atoms with E-state index < -0.39 is 0 Å². The zero-order valence-electron chi connectivity index (χ0n) is 14.3. The molecule has 1 aliphatic heterocycles. The Hall–Kier alpha value is -2.60. The summed E-state index contributed by atoms with van der Waals surface area (Å²) in [4.78, 5) is 24.1.